The zero-order valence-corrected chi connectivity index (χ0v) is 33.4. The summed E-state index contributed by atoms with van der Waals surface area (Å²) in [6, 6.07) is 9.62. The lowest BCUT2D eigenvalue weighted by Crippen LogP contribution is -2.64. The molecular weight excluding hydrogens is 695 g/mol. The third kappa shape index (κ3) is 11.3. The Morgan fingerprint density at radius 1 is 0.943 bits per heavy atom. The second kappa shape index (κ2) is 17.5. The van der Waals surface area contributed by atoms with Crippen LogP contribution in [0.15, 0.2) is 54.9 Å². The summed E-state index contributed by atoms with van der Waals surface area (Å²) in [5.74, 6) is -1.66. The minimum absolute atomic E-state index is 0.0906. The molecule has 1 aromatic carbocycles. The maximum atomic E-state index is 14.5. The van der Waals surface area contributed by atoms with Crippen molar-refractivity contribution in [1.82, 2.24) is 25.8 Å². The van der Waals surface area contributed by atoms with Crippen LogP contribution in [-0.2, 0) is 35.4 Å². The first-order chi connectivity index (χ1) is 24.8. The van der Waals surface area contributed by atoms with Gasteiger partial charge in [0, 0.05) is 37.3 Å². The molecule has 1 saturated heterocycles. The normalized spacial score (nSPS) is 21.4. The number of hydrogen-bond donors (Lipinski definition) is 3. The molecule has 3 amide bonds. The van der Waals surface area contributed by atoms with Crippen LogP contribution in [0.25, 0.3) is 0 Å². The molecule has 12 nitrogen and oxygen atoms in total. The van der Waals surface area contributed by atoms with E-state index in [0.29, 0.717) is 24.8 Å². The van der Waals surface area contributed by atoms with Crippen LogP contribution in [0.4, 0.5) is 0 Å². The first-order valence-corrected chi connectivity index (χ1v) is 20.7. The number of pyridine rings is 1. The van der Waals surface area contributed by atoms with Crippen molar-refractivity contribution in [2.45, 2.75) is 122 Å². The standard InChI is InChI=1S/C40H59N5O7S/c1-26(2)38(49)52-33(25-45-24-30-18-13-12-17-28(30)22-32(45)36(47)44-39(3,4)5)31(21-27-15-10-9-11-16-27)42-37(48)34(40(6,7)53(8,50)51)43-35(46)29-19-14-20-41-23-29/h9-11,14-16,19-20,23,26,28,30-34H,12-13,17-18,21-22,24-25H2,1-8H3,(H,42,48)(H,43,46)(H,44,47)/t28?,30-,31+,32+,33-,34-/m1/s1. The fraction of sp³-hybridized carbons (Fsp3) is 0.625. The summed E-state index contributed by atoms with van der Waals surface area (Å²) in [7, 11) is -3.91. The van der Waals surface area contributed by atoms with Crippen LogP contribution in [0, 0.1) is 17.8 Å². The topological polar surface area (TPSA) is 164 Å². The Morgan fingerprint density at radius 2 is 1.60 bits per heavy atom. The number of hydrogen-bond acceptors (Lipinski definition) is 9. The van der Waals surface area contributed by atoms with Crippen LogP contribution >= 0.6 is 0 Å². The number of sulfone groups is 1. The van der Waals surface area contributed by atoms with Crippen LogP contribution in [0.5, 0.6) is 0 Å². The molecule has 2 fully saturated rings. The van der Waals surface area contributed by atoms with Crippen LogP contribution in [0.3, 0.4) is 0 Å². The molecule has 1 unspecified atom stereocenters. The summed E-state index contributed by atoms with van der Waals surface area (Å²) in [6.45, 7) is 12.9. The highest BCUT2D eigenvalue weighted by Gasteiger charge is 2.47. The van der Waals surface area contributed by atoms with Gasteiger partial charge >= 0.3 is 5.97 Å². The second-order valence-corrected chi connectivity index (χ2v) is 19.3. The molecule has 2 heterocycles. The number of amides is 3. The molecule has 13 heteroatoms. The molecule has 0 bridgehead atoms. The molecule has 4 rings (SSSR count). The van der Waals surface area contributed by atoms with Gasteiger partial charge in [0.1, 0.15) is 12.1 Å². The Bertz CT molecular complexity index is 1680. The fourth-order valence-corrected chi connectivity index (χ4v) is 7.87. The van der Waals surface area contributed by atoms with E-state index in [9.17, 15) is 27.6 Å². The molecule has 6 atom stereocenters. The molecule has 3 N–H and O–H groups in total. The highest BCUT2D eigenvalue weighted by atomic mass is 32.2. The van der Waals surface area contributed by atoms with Crippen LogP contribution in [-0.4, -0.2) is 95.9 Å². The van der Waals surface area contributed by atoms with E-state index in [0.717, 1.165) is 37.5 Å². The summed E-state index contributed by atoms with van der Waals surface area (Å²) < 4.78 is 30.9. The van der Waals surface area contributed by atoms with E-state index in [-0.39, 0.29) is 24.4 Å². The Hall–Kier alpha value is -3.84. The van der Waals surface area contributed by atoms with Gasteiger partial charge in [-0.3, -0.25) is 29.1 Å². The number of fused-ring (bicyclic) bond motifs is 1. The molecule has 53 heavy (non-hydrogen) atoms. The number of carbonyl (C=O) groups is 4. The monoisotopic (exact) mass is 753 g/mol. The third-order valence-electron chi connectivity index (χ3n) is 10.6. The minimum atomic E-state index is -3.91. The van der Waals surface area contributed by atoms with Gasteiger partial charge in [-0.05, 0) is 83.4 Å². The molecule has 1 aliphatic heterocycles. The van der Waals surface area contributed by atoms with Gasteiger partial charge in [-0.25, -0.2) is 8.42 Å². The molecule has 1 saturated carbocycles. The highest BCUT2D eigenvalue weighted by molar-refractivity contribution is 7.92. The lowest BCUT2D eigenvalue weighted by atomic mass is 9.72. The number of carbonyl (C=O) groups excluding carboxylic acids is 4. The summed E-state index contributed by atoms with van der Waals surface area (Å²) in [5, 5.41) is 8.86. The smallest absolute Gasteiger partial charge is 0.308 e. The maximum absolute atomic E-state index is 14.5. The molecule has 2 aromatic rings. The van der Waals surface area contributed by atoms with Gasteiger partial charge in [0.05, 0.1) is 28.3 Å². The number of likely N-dealkylation sites (tertiary alicyclic amines) is 1. The van der Waals surface area contributed by atoms with Crippen molar-refractivity contribution < 1.29 is 32.3 Å². The molecule has 292 valence electrons. The number of piperidine rings is 1. The number of rotatable bonds is 14. The number of ether oxygens (including phenoxy) is 1. The van der Waals surface area contributed by atoms with Gasteiger partial charge in [0.2, 0.25) is 11.8 Å². The Labute approximate surface area is 315 Å². The molecule has 0 radical (unpaired) electrons. The van der Waals surface area contributed by atoms with Crippen molar-refractivity contribution >= 4 is 33.5 Å². The van der Waals surface area contributed by atoms with Crippen molar-refractivity contribution in [2.24, 2.45) is 17.8 Å². The lowest BCUT2D eigenvalue weighted by molar-refractivity contribution is -0.158. The molecule has 0 spiro atoms. The van der Waals surface area contributed by atoms with E-state index in [4.69, 9.17) is 4.74 Å². The Kier molecular flexibility index (Phi) is 13.9. The van der Waals surface area contributed by atoms with Gasteiger partial charge in [0.15, 0.2) is 9.84 Å². The van der Waals surface area contributed by atoms with E-state index in [1.54, 1.807) is 19.9 Å². The largest absolute Gasteiger partial charge is 0.459 e. The predicted molar refractivity (Wildman–Crippen MR) is 205 cm³/mol. The predicted octanol–water partition coefficient (Wildman–Crippen LogP) is 4.09. The Morgan fingerprint density at radius 3 is 2.19 bits per heavy atom. The number of benzene rings is 1. The summed E-state index contributed by atoms with van der Waals surface area (Å²) in [5.41, 5.74) is 0.542. The number of aromatic nitrogens is 1. The van der Waals surface area contributed by atoms with Gasteiger partial charge < -0.3 is 20.7 Å². The molecule has 1 aliphatic carbocycles. The lowest BCUT2D eigenvalue weighted by Gasteiger charge is -2.47. The molecular formula is C40H59N5O7S. The Balaban J connectivity index is 1.76. The van der Waals surface area contributed by atoms with Crippen molar-refractivity contribution in [1.29, 1.82) is 0 Å². The van der Waals surface area contributed by atoms with Gasteiger partial charge in [-0.2, -0.15) is 0 Å². The second-order valence-electron chi connectivity index (χ2n) is 16.7. The fourth-order valence-electron chi connectivity index (χ4n) is 7.28. The third-order valence-corrected chi connectivity index (χ3v) is 12.8. The van der Waals surface area contributed by atoms with Crippen molar-refractivity contribution in [3.63, 3.8) is 0 Å². The molecule has 2 aliphatic rings. The van der Waals surface area contributed by atoms with Gasteiger partial charge in [-0.15, -0.1) is 0 Å². The van der Waals surface area contributed by atoms with Crippen molar-refractivity contribution in [3.8, 4) is 0 Å². The zero-order valence-electron chi connectivity index (χ0n) is 32.6. The maximum Gasteiger partial charge on any atom is 0.308 e. The van der Waals surface area contributed by atoms with Gasteiger partial charge in [0.25, 0.3) is 5.91 Å². The average molecular weight is 754 g/mol. The summed E-state index contributed by atoms with van der Waals surface area (Å²) >= 11 is 0. The van der Waals surface area contributed by atoms with E-state index in [1.807, 2.05) is 51.1 Å². The zero-order chi connectivity index (χ0) is 39.1. The minimum Gasteiger partial charge on any atom is -0.459 e. The van der Waals surface area contributed by atoms with Crippen LogP contribution in [0.1, 0.15) is 96.5 Å². The van der Waals surface area contributed by atoms with E-state index >= 15 is 0 Å². The SMILES string of the molecule is CC(C)C(=O)O[C@H](CN1C[C@H]2CCCCC2C[C@H]1C(=O)NC(C)(C)C)[C@H](Cc1ccccc1)NC(=O)[C@@H](NC(=O)c1cccnc1)C(C)(C)S(C)(=O)=O. The van der Waals surface area contributed by atoms with Crippen molar-refractivity contribution in [3.05, 3.63) is 66.0 Å². The number of nitrogens with one attached hydrogen (secondary N) is 3. The van der Waals surface area contributed by atoms with E-state index < -0.39 is 68.1 Å². The van der Waals surface area contributed by atoms with Crippen LogP contribution in [0.2, 0.25) is 0 Å². The summed E-state index contributed by atoms with van der Waals surface area (Å²) in [4.78, 5) is 61.4. The summed E-state index contributed by atoms with van der Waals surface area (Å²) in [6.07, 6.45) is 8.20. The number of esters is 1. The van der Waals surface area contributed by atoms with Crippen LogP contribution < -0.4 is 16.0 Å². The average Bonchev–Trinajstić information content (AvgIpc) is 3.08. The highest BCUT2D eigenvalue weighted by Crippen LogP contribution is 2.39. The number of nitrogens with zero attached hydrogens (tertiary/aromatic N) is 2. The first-order valence-electron chi connectivity index (χ1n) is 18.8. The van der Waals surface area contributed by atoms with E-state index in [2.05, 4.69) is 25.8 Å². The molecule has 1 aromatic heterocycles. The van der Waals surface area contributed by atoms with Gasteiger partial charge in [-0.1, -0.05) is 63.4 Å². The van der Waals surface area contributed by atoms with Crippen molar-refractivity contribution in [2.75, 3.05) is 19.3 Å². The quantitative estimate of drug-likeness (QED) is 0.241. The first kappa shape index (κ1) is 41.9. The van der Waals surface area contributed by atoms with E-state index in [1.165, 1.54) is 32.3 Å².